The largest absolute Gasteiger partial charge is 0.480 e. The summed E-state index contributed by atoms with van der Waals surface area (Å²) in [6, 6.07) is 5.87. The number of carboxylic acids is 1. The molecular formula is C15H17FN2O3. The van der Waals surface area contributed by atoms with Crippen molar-refractivity contribution in [1.29, 1.82) is 0 Å². The minimum Gasteiger partial charge on any atom is -0.480 e. The van der Waals surface area contributed by atoms with E-state index in [-0.39, 0.29) is 5.69 Å². The van der Waals surface area contributed by atoms with Crippen LogP contribution < -0.4 is 5.32 Å². The lowest BCUT2D eigenvalue weighted by Crippen LogP contribution is -2.52. The van der Waals surface area contributed by atoms with Crippen LogP contribution in [0.4, 0.5) is 4.39 Å². The van der Waals surface area contributed by atoms with Gasteiger partial charge in [-0.1, -0.05) is 19.4 Å². The van der Waals surface area contributed by atoms with Gasteiger partial charge in [0.2, 0.25) is 0 Å². The number of benzene rings is 1. The van der Waals surface area contributed by atoms with Crippen LogP contribution in [0.25, 0.3) is 10.9 Å². The number of amides is 1. The fourth-order valence-corrected chi connectivity index (χ4v) is 2.28. The smallest absolute Gasteiger partial charge is 0.329 e. The fourth-order valence-electron chi connectivity index (χ4n) is 2.28. The first-order valence-electron chi connectivity index (χ1n) is 6.70. The molecule has 0 aliphatic heterocycles. The van der Waals surface area contributed by atoms with E-state index in [1.807, 2.05) is 6.92 Å². The van der Waals surface area contributed by atoms with E-state index in [0.717, 1.165) is 0 Å². The standard InChI is InChI=1S/C15H17FN2O3/c1-3-7-15(2,14(20)21)18-13(19)12-8-9-10(16)5-4-6-11(9)17-12/h4-6,8,17H,3,7H2,1-2H3,(H,18,19)(H,20,21). The predicted molar refractivity (Wildman–Crippen MR) is 76.7 cm³/mol. The van der Waals surface area contributed by atoms with Crippen molar-refractivity contribution < 1.29 is 19.1 Å². The maximum Gasteiger partial charge on any atom is 0.329 e. The molecule has 0 radical (unpaired) electrons. The van der Waals surface area contributed by atoms with E-state index in [1.54, 1.807) is 6.07 Å². The molecule has 0 spiro atoms. The van der Waals surface area contributed by atoms with Crippen LogP contribution >= 0.6 is 0 Å². The molecular weight excluding hydrogens is 275 g/mol. The van der Waals surface area contributed by atoms with Crippen molar-refractivity contribution in [2.75, 3.05) is 0 Å². The van der Waals surface area contributed by atoms with Gasteiger partial charge in [0.25, 0.3) is 5.91 Å². The Morgan fingerprint density at radius 2 is 2.14 bits per heavy atom. The Morgan fingerprint density at radius 3 is 2.71 bits per heavy atom. The minimum atomic E-state index is -1.35. The minimum absolute atomic E-state index is 0.138. The highest BCUT2D eigenvalue weighted by atomic mass is 19.1. The van der Waals surface area contributed by atoms with E-state index >= 15 is 0 Å². The van der Waals surface area contributed by atoms with Gasteiger partial charge >= 0.3 is 5.97 Å². The second-order valence-electron chi connectivity index (χ2n) is 5.23. The third kappa shape index (κ3) is 2.89. The summed E-state index contributed by atoms with van der Waals surface area (Å²) in [5.41, 5.74) is -0.715. The van der Waals surface area contributed by atoms with Gasteiger partial charge in [-0.05, 0) is 31.5 Å². The molecule has 6 heteroatoms. The van der Waals surface area contributed by atoms with Crippen molar-refractivity contribution in [2.24, 2.45) is 0 Å². The van der Waals surface area contributed by atoms with Gasteiger partial charge in [0, 0.05) is 10.9 Å². The third-order valence-corrected chi connectivity index (χ3v) is 3.47. The molecule has 2 aromatic rings. The fraction of sp³-hybridized carbons (Fsp3) is 0.333. The maximum absolute atomic E-state index is 13.6. The second-order valence-corrected chi connectivity index (χ2v) is 5.23. The maximum atomic E-state index is 13.6. The van der Waals surface area contributed by atoms with E-state index < -0.39 is 23.2 Å². The molecule has 1 heterocycles. The number of aromatic amines is 1. The molecule has 21 heavy (non-hydrogen) atoms. The van der Waals surface area contributed by atoms with Crippen LogP contribution in [-0.4, -0.2) is 27.5 Å². The zero-order chi connectivity index (χ0) is 15.6. The number of hydrogen-bond acceptors (Lipinski definition) is 2. The van der Waals surface area contributed by atoms with E-state index in [4.69, 9.17) is 0 Å². The Labute approximate surface area is 121 Å². The van der Waals surface area contributed by atoms with Crippen LogP contribution in [0.1, 0.15) is 37.2 Å². The number of H-pyrrole nitrogens is 1. The molecule has 1 aromatic carbocycles. The van der Waals surface area contributed by atoms with E-state index in [2.05, 4.69) is 10.3 Å². The molecule has 0 fully saturated rings. The monoisotopic (exact) mass is 292 g/mol. The molecule has 0 saturated heterocycles. The Balaban J connectivity index is 2.30. The van der Waals surface area contributed by atoms with Crippen LogP contribution in [0.5, 0.6) is 0 Å². The molecule has 1 amide bonds. The first-order chi connectivity index (χ1) is 9.87. The molecule has 112 valence electrons. The van der Waals surface area contributed by atoms with Gasteiger partial charge in [-0.25, -0.2) is 9.18 Å². The Bertz CT molecular complexity index is 695. The second kappa shape index (κ2) is 5.55. The molecule has 1 unspecified atom stereocenters. The average Bonchev–Trinajstić information content (AvgIpc) is 2.84. The number of fused-ring (bicyclic) bond motifs is 1. The SMILES string of the molecule is CCCC(C)(NC(=O)c1cc2c(F)cccc2[nH]1)C(=O)O. The van der Waals surface area contributed by atoms with Gasteiger partial charge < -0.3 is 15.4 Å². The number of aliphatic carboxylic acids is 1. The Hall–Kier alpha value is -2.37. The lowest BCUT2D eigenvalue weighted by atomic mass is 9.96. The number of halogens is 1. The highest BCUT2D eigenvalue weighted by molar-refractivity contribution is 6.00. The van der Waals surface area contributed by atoms with Gasteiger partial charge in [-0.3, -0.25) is 4.79 Å². The molecule has 1 aromatic heterocycles. The topological polar surface area (TPSA) is 82.2 Å². The Morgan fingerprint density at radius 1 is 1.43 bits per heavy atom. The predicted octanol–water partition coefficient (Wildman–Crippen LogP) is 2.68. The quantitative estimate of drug-likeness (QED) is 0.792. The summed E-state index contributed by atoms with van der Waals surface area (Å²) in [5.74, 6) is -2.10. The Kier molecular flexibility index (Phi) is 3.97. The molecule has 1 atom stereocenters. The molecule has 0 saturated carbocycles. The van der Waals surface area contributed by atoms with Gasteiger partial charge in [0.05, 0.1) is 0 Å². The highest BCUT2D eigenvalue weighted by Gasteiger charge is 2.34. The van der Waals surface area contributed by atoms with E-state index in [9.17, 15) is 19.1 Å². The first kappa shape index (κ1) is 15.0. The molecule has 2 rings (SSSR count). The third-order valence-electron chi connectivity index (χ3n) is 3.47. The molecule has 0 aliphatic carbocycles. The van der Waals surface area contributed by atoms with Crippen molar-refractivity contribution in [3.05, 3.63) is 35.8 Å². The lowest BCUT2D eigenvalue weighted by molar-refractivity contribution is -0.144. The highest BCUT2D eigenvalue weighted by Crippen LogP contribution is 2.20. The van der Waals surface area contributed by atoms with Gasteiger partial charge in [-0.2, -0.15) is 0 Å². The summed E-state index contributed by atoms with van der Waals surface area (Å²) >= 11 is 0. The van der Waals surface area contributed by atoms with E-state index in [0.29, 0.717) is 23.7 Å². The number of aromatic nitrogens is 1. The summed E-state index contributed by atoms with van der Waals surface area (Å²) < 4.78 is 13.6. The van der Waals surface area contributed by atoms with Crippen LogP contribution in [0.3, 0.4) is 0 Å². The lowest BCUT2D eigenvalue weighted by Gasteiger charge is -2.25. The zero-order valence-corrected chi connectivity index (χ0v) is 11.9. The van der Waals surface area contributed by atoms with Crippen molar-refractivity contribution in [3.63, 3.8) is 0 Å². The number of hydrogen-bond donors (Lipinski definition) is 3. The van der Waals surface area contributed by atoms with Crippen molar-refractivity contribution >= 4 is 22.8 Å². The summed E-state index contributed by atoms with van der Waals surface area (Å²) in [5, 5.41) is 12.1. The normalized spacial score (nSPS) is 13.9. The average molecular weight is 292 g/mol. The molecule has 3 N–H and O–H groups in total. The summed E-state index contributed by atoms with van der Waals surface area (Å²) in [6.45, 7) is 3.30. The van der Waals surface area contributed by atoms with Crippen molar-refractivity contribution in [1.82, 2.24) is 10.3 Å². The van der Waals surface area contributed by atoms with Gasteiger partial charge in [-0.15, -0.1) is 0 Å². The number of carbonyl (C=O) groups is 2. The number of carboxylic acid groups (broad SMARTS) is 1. The van der Waals surface area contributed by atoms with Crippen LogP contribution in [0.2, 0.25) is 0 Å². The van der Waals surface area contributed by atoms with Crippen LogP contribution in [0, 0.1) is 5.82 Å². The van der Waals surface area contributed by atoms with E-state index in [1.165, 1.54) is 25.1 Å². The first-order valence-corrected chi connectivity index (χ1v) is 6.70. The summed E-state index contributed by atoms with van der Waals surface area (Å²) in [4.78, 5) is 26.3. The number of rotatable bonds is 5. The van der Waals surface area contributed by atoms with Crippen LogP contribution in [-0.2, 0) is 4.79 Å². The van der Waals surface area contributed by atoms with Crippen molar-refractivity contribution in [3.8, 4) is 0 Å². The van der Waals surface area contributed by atoms with Crippen LogP contribution in [0.15, 0.2) is 24.3 Å². The van der Waals surface area contributed by atoms with Crippen molar-refractivity contribution in [2.45, 2.75) is 32.2 Å². The molecule has 5 nitrogen and oxygen atoms in total. The summed E-state index contributed by atoms with van der Waals surface area (Å²) in [6.07, 6.45) is 0.924. The number of nitrogens with one attached hydrogen (secondary N) is 2. The van der Waals surface area contributed by atoms with Gasteiger partial charge in [0.15, 0.2) is 0 Å². The molecule has 0 bridgehead atoms. The number of carbonyl (C=O) groups excluding carboxylic acids is 1. The molecule has 0 aliphatic rings. The summed E-state index contributed by atoms with van der Waals surface area (Å²) in [7, 11) is 0. The zero-order valence-electron chi connectivity index (χ0n) is 11.9. The van der Waals surface area contributed by atoms with Gasteiger partial charge in [0.1, 0.15) is 17.1 Å².